The quantitative estimate of drug-likeness (QED) is 0.798. The lowest BCUT2D eigenvalue weighted by Crippen LogP contribution is -2.39. The fourth-order valence-electron chi connectivity index (χ4n) is 2.77. The average molecular weight is 330 g/mol. The fraction of sp³-hybridized carbons (Fsp3) is 0.533. The highest BCUT2D eigenvalue weighted by Gasteiger charge is 2.27. The SMILES string of the molecule is Cc1cc(Cl)cc(C(=O)CC2CCCN(S(C)(=O)=O)C2)c1. The first-order chi connectivity index (χ1) is 9.75. The lowest BCUT2D eigenvalue weighted by Gasteiger charge is -2.30. The Hall–Kier alpha value is -0.910. The summed E-state index contributed by atoms with van der Waals surface area (Å²) in [6.07, 6.45) is 3.28. The van der Waals surface area contributed by atoms with Crippen LogP contribution in [-0.2, 0) is 10.0 Å². The molecule has 1 fully saturated rings. The van der Waals surface area contributed by atoms with Crippen molar-refractivity contribution in [3.05, 3.63) is 34.3 Å². The lowest BCUT2D eigenvalue weighted by molar-refractivity contribution is 0.0942. The van der Waals surface area contributed by atoms with Crippen molar-refractivity contribution in [1.29, 1.82) is 0 Å². The molecule has 1 unspecified atom stereocenters. The molecule has 1 aromatic carbocycles. The number of nitrogens with zero attached hydrogens (tertiary/aromatic N) is 1. The van der Waals surface area contributed by atoms with Crippen LogP contribution in [0.4, 0.5) is 0 Å². The highest BCUT2D eigenvalue weighted by molar-refractivity contribution is 7.88. The molecule has 1 heterocycles. The summed E-state index contributed by atoms with van der Waals surface area (Å²) >= 11 is 5.98. The molecule has 0 amide bonds. The molecule has 2 rings (SSSR count). The van der Waals surface area contributed by atoms with E-state index in [0.717, 1.165) is 18.4 Å². The number of sulfonamides is 1. The van der Waals surface area contributed by atoms with E-state index in [9.17, 15) is 13.2 Å². The molecule has 1 aliphatic rings. The van der Waals surface area contributed by atoms with Gasteiger partial charge in [-0.25, -0.2) is 12.7 Å². The van der Waals surface area contributed by atoms with Crippen molar-refractivity contribution in [2.45, 2.75) is 26.2 Å². The minimum atomic E-state index is -3.17. The summed E-state index contributed by atoms with van der Waals surface area (Å²) in [7, 11) is -3.17. The van der Waals surface area contributed by atoms with Gasteiger partial charge >= 0.3 is 0 Å². The second kappa shape index (κ2) is 6.46. The number of aryl methyl sites for hydroxylation is 1. The second-order valence-electron chi connectivity index (χ2n) is 5.77. The Labute approximate surface area is 131 Å². The zero-order chi connectivity index (χ0) is 15.6. The molecule has 0 radical (unpaired) electrons. The topological polar surface area (TPSA) is 54.5 Å². The predicted molar refractivity (Wildman–Crippen MR) is 84.3 cm³/mol. The molecule has 1 aliphatic heterocycles. The van der Waals surface area contributed by atoms with Gasteiger partial charge in [0.25, 0.3) is 0 Å². The minimum Gasteiger partial charge on any atom is -0.294 e. The van der Waals surface area contributed by atoms with Crippen LogP contribution >= 0.6 is 11.6 Å². The third-order valence-electron chi connectivity index (χ3n) is 3.79. The number of hydrogen-bond acceptors (Lipinski definition) is 3. The summed E-state index contributed by atoms with van der Waals surface area (Å²) in [5.74, 6) is 0.112. The monoisotopic (exact) mass is 329 g/mol. The van der Waals surface area contributed by atoms with Gasteiger partial charge in [-0.1, -0.05) is 11.6 Å². The standard InChI is InChI=1S/C15H20ClNO3S/c1-11-6-13(9-14(16)7-11)15(18)8-12-4-3-5-17(10-12)21(2,19)20/h6-7,9,12H,3-5,8,10H2,1-2H3. The van der Waals surface area contributed by atoms with Crippen LogP contribution in [0.2, 0.25) is 5.02 Å². The second-order valence-corrected chi connectivity index (χ2v) is 8.19. The summed E-state index contributed by atoms with van der Waals surface area (Å²) in [5, 5.41) is 0.555. The molecule has 0 bridgehead atoms. The number of rotatable bonds is 4. The average Bonchev–Trinajstić information content (AvgIpc) is 2.37. The molecule has 0 N–H and O–H groups in total. The molecule has 0 spiro atoms. The van der Waals surface area contributed by atoms with E-state index in [1.54, 1.807) is 6.07 Å². The normalized spacial score (nSPS) is 20.4. The molecule has 1 atom stereocenters. The summed E-state index contributed by atoms with van der Waals surface area (Å²) < 4.78 is 24.7. The maximum absolute atomic E-state index is 12.3. The van der Waals surface area contributed by atoms with Crippen LogP contribution in [-0.4, -0.2) is 37.9 Å². The largest absolute Gasteiger partial charge is 0.294 e. The van der Waals surface area contributed by atoms with Gasteiger partial charge in [0.15, 0.2) is 5.78 Å². The van der Waals surface area contributed by atoms with Crippen LogP contribution in [0.1, 0.15) is 35.2 Å². The maximum Gasteiger partial charge on any atom is 0.211 e. The summed E-state index contributed by atoms with van der Waals surface area (Å²) in [6.45, 7) is 2.89. The van der Waals surface area contributed by atoms with Gasteiger partial charge in [0.05, 0.1) is 6.26 Å². The molecule has 1 saturated heterocycles. The molecular weight excluding hydrogens is 310 g/mol. The molecular formula is C15H20ClNO3S. The summed E-state index contributed by atoms with van der Waals surface area (Å²) in [4.78, 5) is 12.3. The molecule has 0 aliphatic carbocycles. The maximum atomic E-state index is 12.3. The van der Waals surface area contributed by atoms with Crippen molar-refractivity contribution in [3.63, 3.8) is 0 Å². The molecule has 0 saturated carbocycles. The summed E-state index contributed by atoms with van der Waals surface area (Å²) in [6, 6.07) is 5.31. The molecule has 21 heavy (non-hydrogen) atoms. The van der Waals surface area contributed by atoms with Crippen molar-refractivity contribution in [2.75, 3.05) is 19.3 Å². The number of piperidine rings is 1. The van der Waals surface area contributed by atoms with Gasteiger partial charge in [-0.3, -0.25) is 4.79 Å². The molecule has 0 aromatic heterocycles. The Morgan fingerprint density at radius 2 is 2.10 bits per heavy atom. The van der Waals surface area contributed by atoms with Gasteiger partial charge in [-0.15, -0.1) is 0 Å². The van der Waals surface area contributed by atoms with Crippen LogP contribution in [0, 0.1) is 12.8 Å². The minimum absolute atomic E-state index is 0.0287. The third-order valence-corrected chi connectivity index (χ3v) is 5.28. The van der Waals surface area contributed by atoms with E-state index in [2.05, 4.69) is 0 Å². The smallest absolute Gasteiger partial charge is 0.211 e. The highest BCUT2D eigenvalue weighted by atomic mass is 35.5. The van der Waals surface area contributed by atoms with Gasteiger partial charge in [0, 0.05) is 30.1 Å². The van der Waals surface area contributed by atoms with Crippen molar-refractivity contribution < 1.29 is 13.2 Å². The lowest BCUT2D eigenvalue weighted by atomic mass is 9.91. The Kier molecular flexibility index (Phi) is 5.07. The number of benzene rings is 1. The van der Waals surface area contributed by atoms with Crippen LogP contribution in [0.15, 0.2) is 18.2 Å². The van der Waals surface area contributed by atoms with E-state index in [0.29, 0.717) is 30.1 Å². The van der Waals surface area contributed by atoms with E-state index in [-0.39, 0.29) is 11.7 Å². The molecule has 4 nitrogen and oxygen atoms in total. The molecule has 6 heteroatoms. The van der Waals surface area contributed by atoms with Gasteiger partial charge in [-0.2, -0.15) is 0 Å². The van der Waals surface area contributed by atoms with Gasteiger partial charge in [-0.05, 0) is 49.4 Å². The number of ketones is 1. The first kappa shape index (κ1) is 16.5. The Bertz CT molecular complexity index is 622. The van der Waals surface area contributed by atoms with E-state index in [4.69, 9.17) is 11.6 Å². The van der Waals surface area contributed by atoms with Crippen molar-refractivity contribution in [2.24, 2.45) is 5.92 Å². The van der Waals surface area contributed by atoms with Crippen LogP contribution in [0.5, 0.6) is 0 Å². The molecule has 1 aromatic rings. The van der Waals surface area contributed by atoms with Crippen molar-refractivity contribution >= 4 is 27.4 Å². The Morgan fingerprint density at radius 1 is 1.38 bits per heavy atom. The first-order valence-electron chi connectivity index (χ1n) is 7.01. The van der Waals surface area contributed by atoms with Crippen LogP contribution in [0.3, 0.4) is 0 Å². The number of carbonyl (C=O) groups is 1. The number of carbonyl (C=O) groups excluding carboxylic acids is 1. The predicted octanol–water partition coefficient (Wildman–Crippen LogP) is 2.89. The van der Waals surface area contributed by atoms with Crippen LogP contribution in [0.25, 0.3) is 0 Å². The fourth-order valence-corrected chi connectivity index (χ4v) is 4.00. The highest BCUT2D eigenvalue weighted by Crippen LogP contribution is 2.24. The zero-order valence-corrected chi connectivity index (χ0v) is 13.9. The number of Topliss-reactive ketones (excluding diaryl/α,β-unsaturated/α-hetero) is 1. The van der Waals surface area contributed by atoms with E-state index in [1.807, 2.05) is 19.1 Å². The van der Waals surface area contributed by atoms with E-state index >= 15 is 0 Å². The first-order valence-corrected chi connectivity index (χ1v) is 9.24. The van der Waals surface area contributed by atoms with Gasteiger partial charge < -0.3 is 0 Å². The Balaban J connectivity index is 2.05. The zero-order valence-electron chi connectivity index (χ0n) is 12.3. The van der Waals surface area contributed by atoms with Crippen LogP contribution < -0.4 is 0 Å². The third kappa shape index (κ3) is 4.53. The number of halogens is 1. The van der Waals surface area contributed by atoms with E-state index in [1.165, 1.54) is 10.6 Å². The van der Waals surface area contributed by atoms with Gasteiger partial charge in [0.1, 0.15) is 0 Å². The summed E-state index contributed by atoms with van der Waals surface area (Å²) in [5.41, 5.74) is 1.56. The van der Waals surface area contributed by atoms with Crippen molar-refractivity contribution in [3.8, 4) is 0 Å². The molecule has 116 valence electrons. The Morgan fingerprint density at radius 3 is 2.71 bits per heavy atom. The van der Waals surface area contributed by atoms with E-state index < -0.39 is 10.0 Å². The van der Waals surface area contributed by atoms with Crippen molar-refractivity contribution in [1.82, 2.24) is 4.31 Å². The van der Waals surface area contributed by atoms with Gasteiger partial charge in [0.2, 0.25) is 10.0 Å². The number of hydrogen-bond donors (Lipinski definition) is 0.